The van der Waals surface area contributed by atoms with Gasteiger partial charge in [-0.1, -0.05) is 49.2 Å². The van der Waals surface area contributed by atoms with Crippen molar-refractivity contribution in [3.05, 3.63) is 64.8 Å². The van der Waals surface area contributed by atoms with Crippen LogP contribution >= 0.6 is 0 Å². The van der Waals surface area contributed by atoms with Crippen molar-refractivity contribution in [2.45, 2.75) is 32.7 Å². The van der Waals surface area contributed by atoms with Gasteiger partial charge in [0.05, 0.1) is 32.1 Å². The fraction of sp³-hybridized carbons (Fsp3) is 0.385. The minimum absolute atomic E-state index is 0.0832. The van der Waals surface area contributed by atoms with Crippen LogP contribution < -0.4 is 9.47 Å². The maximum atomic E-state index is 13.3. The first kappa shape index (κ1) is 22.9. The van der Waals surface area contributed by atoms with Crippen molar-refractivity contribution in [3.63, 3.8) is 0 Å². The number of H-pyrrole nitrogens is 1. The Morgan fingerprint density at radius 2 is 1.85 bits per heavy atom. The lowest BCUT2D eigenvalue weighted by Crippen LogP contribution is -2.32. The molecule has 33 heavy (non-hydrogen) atoms. The third-order valence-corrected chi connectivity index (χ3v) is 5.98. The van der Waals surface area contributed by atoms with Gasteiger partial charge in [-0.2, -0.15) is 5.10 Å². The Morgan fingerprint density at radius 3 is 2.55 bits per heavy atom. The minimum Gasteiger partial charge on any atom is -0.493 e. The number of amides is 1. The van der Waals surface area contributed by atoms with Crippen LogP contribution in [0.3, 0.4) is 0 Å². The number of carbonyl (C=O) groups is 1. The van der Waals surface area contributed by atoms with Crippen LogP contribution in [-0.4, -0.2) is 55.0 Å². The molecule has 1 aliphatic heterocycles. The molecule has 1 aliphatic rings. The first-order valence-electron chi connectivity index (χ1n) is 11.3. The van der Waals surface area contributed by atoms with Crippen LogP contribution in [0.15, 0.2) is 42.5 Å². The highest BCUT2D eigenvalue weighted by atomic mass is 16.5. The van der Waals surface area contributed by atoms with Crippen LogP contribution in [0, 0.1) is 6.92 Å². The zero-order chi connectivity index (χ0) is 23.4. The number of ether oxygens (including phenoxy) is 3. The number of aromatic nitrogens is 2. The van der Waals surface area contributed by atoms with E-state index in [0.29, 0.717) is 37.0 Å². The fourth-order valence-electron chi connectivity index (χ4n) is 4.19. The lowest BCUT2D eigenvalue weighted by Gasteiger charge is -2.26. The molecule has 7 nitrogen and oxygen atoms in total. The Balaban J connectivity index is 1.78. The Bertz CT molecular complexity index is 1110. The first-order chi connectivity index (χ1) is 16.1. The highest BCUT2D eigenvalue weighted by Crippen LogP contribution is 2.44. The van der Waals surface area contributed by atoms with Crippen LogP contribution in [0.5, 0.6) is 11.5 Å². The van der Waals surface area contributed by atoms with Gasteiger partial charge in [-0.25, -0.2) is 0 Å². The predicted molar refractivity (Wildman–Crippen MR) is 127 cm³/mol. The van der Waals surface area contributed by atoms with E-state index in [1.807, 2.05) is 42.2 Å². The molecule has 0 bridgehead atoms. The van der Waals surface area contributed by atoms with Gasteiger partial charge in [-0.05, 0) is 31.0 Å². The molecular weight excluding hydrogens is 418 g/mol. The molecule has 174 valence electrons. The smallest absolute Gasteiger partial charge is 0.273 e. The standard InChI is InChI=1S/C26H31N3O4/c1-5-6-14-33-20-12-11-19(16-21(20)32-4)25-22-23(18-9-7-17(2)8-10-18)27-28-24(22)26(30)29(25)13-15-31-3/h7-12,16,25H,5-6,13-15H2,1-4H3,(H,27,28). The van der Waals surface area contributed by atoms with Crippen molar-refractivity contribution >= 4 is 5.91 Å². The lowest BCUT2D eigenvalue weighted by atomic mass is 9.95. The van der Waals surface area contributed by atoms with E-state index in [1.54, 1.807) is 14.2 Å². The molecular formula is C26H31N3O4. The fourth-order valence-corrected chi connectivity index (χ4v) is 4.19. The van der Waals surface area contributed by atoms with E-state index in [4.69, 9.17) is 14.2 Å². The molecule has 4 rings (SSSR count). The van der Waals surface area contributed by atoms with E-state index in [1.165, 1.54) is 5.56 Å². The van der Waals surface area contributed by atoms with Crippen LogP contribution in [0.4, 0.5) is 0 Å². The average molecular weight is 450 g/mol. The van der Waals surface area contributed by atoms with Gasteiger partial charge >= 0.3 is 0 Å². The number of aryl methyl sites for hydroxylation is 1. The molecule has 1 unspecified atom stereocenters. The molecule has 2 aromatic carbocycles. The van der Waals surface area contributed by atoms with Crippen LogP contribution in [-0.2, 0) is 4.74 Å². The quantitative estimate of drug-likeness (QED) is 0.452. The summed E-state index contributed by atoms with van der Waals surface area (Å²) in [7, 11) is 3.27. The van der Waals surface area contributed by atoms with Crippen molar-refractivity contribution in [1.29, 1.82) is 0 Å². The number of fused-ring (bicyclic) bond motifs is 1. The van der Waals surface area contributed by atoms with Crippen molar-refractivity contribution in [3.8, 4) is 22.8 Å². The van der Waals surface area contributed by atoms with Crippen LogP contribution in [0.1, 0.15) is 53.0 Å². The molecule has 0 radical (unpaired) electrons. The van der Waals surface area contributed by atoms with E-state index >= 15 is 0 Å². The SMILES string of the molecule is CCCCOc1ccc(C2c3c(-c4ccc(C)cc4)n[nH]c3C(=O)N2CCOC)cc1OC. The Kier molecular flexibility index (Phi) is 6.99. The summed E-state index contributed by atoms with van der Waals surface area (Å²) in [4.78, 5) is 15.2. The first-order valence-corrected chi connectivity index (χ1v) is 11.3. The summed E-state index contributed by atoms with van der Waals surface area (Å²) in [6.45, 7) is 5.72. The summed E-state index contributed by atoms with van der Waals surface area (Å²) in [6.07, 6.45) is 2.04. The third kappa shape index (κ3) is 4.46. The number of rotatable bonds is 10. The van der Waals surface area contributed by atoms with Gasteiger partial charge in [0, 0.05) is 24.8 Å². The Hall–Kier alpha value is -3.32. The zero-order valence-electron chi connectivity index (χ0n) is 19.7. The van der Waals surface area contributed by atoms with Gasteiger partial charge in [0.1, 0.15) is 5.69 Å². The zero-order valence-corrected chi connectivity index (χ0v) is 19.7. The molecule has 0 aliphatic carbocycles. The number of nitrogens with one attached hydrogen (secondary N) is 1. The summed E-state index contributed by atoms with van der Waals surface area (Å²) in [5, 5.41) is 7.52. The van der Waals surface area contributed by atoms with Gasteiger partial charge in [0.25, 0.3) is 5.91 Å². The normalized spacial score (nSPS) is 15.1. The number of nitrogens with zero attached hydrogens (tertiary/aromatic N) is 2. The monoisotopic (exact) mass is 449 g/mol. The van der Waals surface area contributed by atoms with Gasteiger partial charge in [0.15, 0.2) is 11.5 Å². The molecule has 1 N–H and O–H groups in total. The molecule has 0 fully saturated rings. The third-order valence-electron chi connectivity index (χ3n) is 5.98. The second-order valence-electron chi connectivity index (χ2n) is 8.23. The average Bonchev–Trinajstić information content (AvgIpc) is 3.37. The molecule has 0 spiro atoms. The second-order valence-corrected chi connectivity index (χ2v) is 8.23. The molecule has 1 atom stereocenters. The van der Waals surface area contributed by atoms with E-state index < -0.39 is 0 Å². The highest BCUT2D eigenvalue weighted by molar-refractivity contribution is 6.00. The lowest BCUT2D eigenvalue weighted by molar-refractivity contribution is 0.0677. The van der Waals surface area contributed by atoms with Gasteiger partial charge in [-0.15, -0.1) is 0 Å². The molecule has 2 heterocycles. The van der Waals surface area contributed by atoms with Crippen molar-refractivity contribution in [1.82, 2.24) is 15.1 Å². The van der Waals surface area contributed by atoms with E-state index in [-0.39, 0.29) is 11.9 Å². The summed E-state index contributed by atoms with van der Waals surface area (Å²) in [6, 6.07) is 13.8. The van der Waals surface area contributed by atoms with Gasteiger partial charge < -0.3 is 19.1 Å². The summed E-state index contributed by atoms with van der Waals surface area (Å²) >= 11 is 0. The number of benzene rings is 2. The topological polar surface area (TPSA) is 76.7 Å². The van der Waals surface area contributed by atoms with Crippen LogP contribution in [0.2, 0.25) is 0 Å². The Labute approximate surface area is 194 Å². The van der Waals surface area contributed by atoms with Crippen molar-refractivity contribution in [2.24, 2.45) is 0 Å². The highest BCUT2D eigenvalue weighted by Gasteiger charge is 2.42. The molecule has 0 saturated heterocycles. The number of hydrogen-bond donors (Lipinski definition) is 1. The summed E-state index contributed by atoms with van der Waals surface area (Å²) in [5.41, 5.74) is 5.26. The van der Waals surface area contributed by atoms with Crippen molar-refractivity contribution in [2.75, 3.05) is 34.0 Å². The van der Waals surface area contributed by atoms with Crippen molar-refractivity contribution < 1.29 is 19.0 Å². The van der Waals surface area contributed by atoms with Crippen LogP contribution in [0.25, 0.3) is 11.3 Å². The van der Waals surface area contributed by atoms with Gasteiger partial charge in [0.2, 0.25) is 0 Å². The second kappa shape index (κ2) is 10.1. The van der Waals surface area contributed by atoms with E-state index in [2.05, 4.69) is 29.3 Å². The number of aromatic amines is 1. The molecule has 1 aromatic heterocycles. The molecule has 7 heteroatoms. The van der Waals surface area contributed by atoms with Gasteiger partial charge in [-0.3, -0.25) is 9.89 Å². The molecule has 1 amide bonds. The number of carbonyl (C=O) groups excluding carboxylic acids is 1. The summed E-state index contributed by atoms with van der Waals surface area (Å²) in [5.74, 6) is 1.27. The largest absolute Gasteiger partial charge is 0.493 e. The Morgan fingerprint density at radius 1 is 1.06 bits per heavy atom. The van der Waals surface area contributed by atoms with E-state index in [0.717, 1.165) is 35.2 Å². The number of methoxy groups -OCH3 is 2. The summed E-state index contributed by atoms with van der Waals surface area (Å²) < 4.78 is 16.8. The minimum atomic E-state index is -0.309. The van der Waals surface area contributed by atoms with E-state index in [9.17, 15) is 4.79 Å². The molecule has 0 saturated carbocycles. The number of hydrogen-bond acceptors (Lipinski definition) is 5. The maximum absolute atomic E-state index is 13.3. The predicted octanol–water partition coefficient (Wildman–Crippen LogP) is 4.76. The maximum Gasteiger partial charge on any atom is 0.273 e. The number of unbranched alkanes of at least 4 members (excludes halogenated alkanes) is 1. The molecule has 3 aromatic rings.